The SMILES string of the molecule is CCS(=O)(=O)N1CCN(C(=O)c2cc(C)on2)CC1. The molecule has 8 heteroatoms. The van der Waals surface area contributed by atoms with E-state index in [9.17, 15) is 13.2 Å². The van der Waals surface area contributed by atoms with Crippen LogP contribution in [0.1, 0.15) is 23.2 Å². The molecule has 1 amide bonds. The summed E-state index contributed by atoms with van der Waals surface area (Å²) in [6.45, 7) is 4.76. The van der Waals surface area contributed by atoms with E-state index < -0.39 is 10.0 Å². The lowest BCUT2D eigenvalue weighted by Crippen LogP contribution is -2.50. The van der Waals surface area contributed by atoms with Gasteiger partial charge in [0.2, 0.25) is 10.0 Å². The number of carbonyl (C=O) groups is 1. The highest BCUT2D eigenvalue weighted by Crippen LogP contribution is 2.11. The van der Waals surface area contributed by atoms with E-state index in [2.05, 4.69) is 5.16 Å². The monoisotopic (exact) mass is 287 g/mol. The molecule has 0 unspecified atom stereocenters. The van der Waals surface area contributed by atoms with E-state index in [1.54, 1.807) is 24.8 Å². The number of carbonyl (C=O) groups excluding carboxylic acids is 1. The maximum Gasteiger partial charge on any atom is 0.276 e. The van der Waals surface area contributed by atoms with Crippen molar-refractivity contribution in [3.05, 3.63) is 17.5 Å². The summed E-state index contributed by atoms with van der Waals surface area (Å²) in [5.41, 5.74) is 0.268. The molecule has 0 spiro atoms. The highest BCUT2D eigenvalue weighted by molar-refractivity contribution is 7.89. The molecular formula is C11H17N3O4S. The average Bonchev–Trinajstić information content (AvgIpc) is 2.85. The molecule has 0 aromatic carbocycles. The first kappa shape index (κ1) is 14.0. The van der Waals surface area contributed by atoms with Crippen LogP contribution in [0.4, 0.5) is 0 Å². The van der Waals surface area contributed by atoms with Gasteiger partial charge < -0.3 is 9.42 Å². The van der Waals surface area contributed by atoms with Gasteiger partial charge in [0.25, 0.3) is 5.91 Å². The predicted octanol–water partition coefficient (Wildman–Crippen LogP) is 0.0905. The molecular weight excluding hydrogens is 270 g/mol. The molecule has 1 aliphatic heterocycles. The Hall–Kier alpha value is -1.41. The van der Waals surface area contributed by atoms with Crippen LogP contribution < -0.4 is 0 Å². The van der Waals surface area contributed by atoms with E-state index >= 15 is 0 Å². The lowest BCUT2D eigenvalue weighted by atomic mass is 10.3. The summed E-state index contributed by atoms with van der Waals surface area (Å²) in [5.74, 6) is 0.449. The van der Waals surface area contributed by atoms with E-state index in [0.29, 0.717) is 31.9 Å². The summed E-state index contributed by atoms with van der Waals surface area (Å²) in [7, 11) is -3.17. The topological polar surface area (TPSA) is 83.7 Å². The first-order chi connectivity index (χ1) is 8.94. The Balaban J connectivity index is 1.99. The first-order valence-corrected chi connectivity index (χ1v) is 7.75. The molecule has 1 aromatic heterocycles. The van der Waals surface area contributed by atoms with Crippen molar-refractivity contribution in [1.29, 1.82) is 0 Å². The number of hydrogen-bond donors (Lipinski definition) is 0. The molecule has 1 fully saturated rings. The second-order valence-corrected chi connectivity index (χ2v) is 6.67. The third kappa shape index (κ3) is 2.95. The average molecular weight is 287 g/mol. The molecule has 19 heavy (non-hydrogen) atoms. The van der Waals surface area contributed by atoms with E-state index in [1.165, 1.54) is 4.31 Å². The van der Waals surface area contributed by atoms with Crippen LogP contribution in [0.5, 0.6) is 0 Å². The zero-order valence-corrected chi connectivity index (χ0v) is 11.8. The van der Waals surface area contributed by atoms with E-state index in [0.717, 1.165) is 0 Å². The van der Waals surface area contributed by atoms with Crippen molar-refractivity contribution in [3.8, 4) is 0 Å². The molecule has 0 atom stereocenters. The van der Waals surface area contributed by atoms with Gasteiger partial charge in [-0.05, 0) is 13.8 Å². The van der Waals surface area contributed by atoms with Crippen LogP contribution in [0.2, 0.25) is 0 Å². The van der Waals surface area contributed by atoms with Gasteiger partial charge in [0, 0.05) is 32.2 Å². The number of amides is 1. The Labute approximate surface area is 112 Å². The summed E-state index contributed by atoms with van der Waals surface area (Å²) >= 11 is 0. The highest BCUT2D eigenvalue weighted by Gasteiger charge is 2.29. The van der Waals surface area contributed by atoms with Crippen LogP contribution >= 0.6 is 0 Å². The van der Waals surface area contributed by atoms with Gasteiger partial charge in [-0.25, -0.2) is 8.42 Å². The molecule has 1 aromatic rings. The molecule has 0 N–H and O–H groups in total. The normalized spacial score (nSPS) is 17.7. The smallest absolute Gasteiger partial charge is 0.276 e. The number of aromatic nitrogens is 1. The Morgan fingerprint density at radius 2 is 2.00 bits per heavy atom. The minimum Gasteiger partial charge on any atom is -0.361 e. The summed E-state index contributed by atoms with van der Waals surface area (Å²) in [5, 5.41) is 3.68. The van der Waals surface area contributed by atoms with Crippen molar-refractivity contribution in [2.75, 3.05) is 31.9 Å². The largest absolute Gasteiger partial charge is 0.361 e. The molecule has 2 heterocycles. The number of nitrogens with zero attached hydrogens (tertiary/aromatic N) is 3. The molecule has 106 valence electrons. The maximum atomic E-state index is 12.1. The van der Waals surface area contributed by atoms with Crippen LogP contribution in [0.3, 0.4) is 0 Å². The highest BCUT2D eigenvalue weighted by atomic mass is 32.2. The molecule has 0 bridgehead atoms. The van der Waals surface area contributed by atoms with Crippen molar-refractivity contribution in [2.24, 2.45) is 0 Å². The number of piperazine rings is 1. The quantitative estimate of drug-likeness (QED) is 0.786. The van der Waals surface area contributed by atoms with Crippen LogP contribution in [0, 0.1) is 6.92 Å². The van der Waals surface area contributed by atoms with Crippen LogP contribution in [-0.4, -0.2) is 60.6 Å². The lowest BCUT2D eigenvalue weighted by Gasteiger charge is -2.33. The summed E-state index contributed by atoms with van der Waals surface area (Å²) in [4.78, 5) is 13.7. The molecule has 0 saturated carbocycles. The zero-order chi connectivity index (χ0) is 14.0. The van der Waals surface area contributed by atoms with Gasteiger partial charge in [-0.15, -0.1) is 0 Å². The number of aryl methyl sites for hydroxylation is 1. The minimum absolute atomic E-state index is 0.0867. The van der Waals surface area contributed by atoms with E-state index in [-0.39, 0.29) is 17.4 Å². The van der Waals surface area contributed by atoms with Crippen LogP contribution in [-0.2, 0) is 10.0 Å². The fourth-order valence-corrected chi connectivity index (χ4v) is 3.07. The predicted molar refractivity (Wildman–Crippen MR) is 68.2 cm³/mol. The van der Waals surface area contributed by atoms with Crippen molar-refractivity contribution >= 4 is 15.9 Å². The van der Waals surface area contributed by atoms with Gasteiger partial charge in [-0.1, -0.05) is 5.16 Å². The number of hydrogen-bond acceptors (Lipinski definition) is 5. The molecule has 2 rings (SSSR count). The van der Waals surface area contributed by atoms with Gasteiger partial charge >= 0.3 is 0 Å². The van der Waals surface area contributed by atoms with Gasteiger partial charge in [-0.2, -0.15) is 4.31 Å². The Morgan fingerprint density at radius 3 is 2.47 bits per heavy atom. The minimum atomic E-state index is -3.17. The molecule has 1 aliphatic rings. The van der Waals surface area contributed by atoms with Crippen LogP contribution in [0.15, 0.2) is 10.6 Å². The number of sulfonamides is 1. The molecule has 7 nitrogen and oxygen atoms in total. The summed E-state index contributed by atoms with van der Waals surface area (Å²) in [6, 6.07) is 1.58. The van der Waals surface area contributed by atoms with Crippen molar-refractivity contribution in [3.63, 3.8) is 0 Å². The Morgan fingerprint density at radius 1 is 1.37 bits per heavy atom. The first-order valence-electron chi connectivity index (χ1n) is 6.14. The summed E-state index contributed by atoms with van der Waals surface area (Å²) < 4.78 is 29.7. The van der Waals surface area contributed by atoms with E-state index in [1.807, 2.05) is 0 Å². The second kappa shape index (κ2) is 5.30. The van der Waals surface area contributed by atoms with Crippen molar-refractivity contribution in [1.82, 2.24) is 14.4 Å². The van der Waals surface area contributed by atoms with E-state index in [4.69, 9.17) is 4.52 Å². The van der Waals surface area contributed by atoms with Crippen molar-refractivity contribution in [2.45, 2.75) is 13.8 Å². The Kier molecular flexibility index (Phi) is 3.91. The fourth-order valence-electron chi connectivity index (χ4n) is 1.98. The van der Waals surface area contributed by atoms with Gasteiger partial charge in [0.15, 0.2) is 5.69 Å². The molecule has 0 aliphatic carbocycles. The standard InChI is InChI=1S/C11H17N3O4S/c1-3-19(16,17)14-6-4-13(5-7-14)11(15)10-8-9(2)18-12-10/h8H,3-7H2,1-2H3. The fraction of sp³-hybridized carbons (Fsp3) is 0.636. The third-order valence-corrected chi connectivity index (χ3v) is 5.01. The van der Waals surface area contributed by atoms with Gasteiger partial charge in [0.05, 0.1) is 5.75 Å². The lowest BCUT2D eigenvalue weighted by molar-refractivity contribution is 0.0687. The second-order valence-electron chi connectivity index (χ2n) is 4.41. The van der Waals surface area contributed by atoms with Crippen LogP contribution in [0.25, 0.3) is 0 Å². The number of rotatable bonds is 3. The zero-order valence-electron chi connectivity index (χ0n) is 11.0. The van der Waals surface area contributed by atoms with Gasteiger partial charge in [-0.3, -0.25) is 4.79 Å². The van der Waals surface area contributed by atoms with Gasteiger partial charge in [0.1, 0.15) is 5.76 Å². The Bertz CT molecular complexity index is 558. The molecule has 0 radical (unpaired) electrons. The third-order valence-electron chi connectivity index (χ3n) is 3.13. The van der Waals surface area contributed by atoms with Crippen molar-refractivity contribution < 1.29 is 17.7 Å². The maximum absolute atomic E-state index is 12.1. The molecule has 1 saturated heterocycles. The summed E-state index contributed by atoms with van der Waals surface area (Å²) in [6.07, 6.45) is 0.